The van der Waals surface area contributed by atoms with Crippen LogP contribution in [0, 0.1) is 0 Å². The van der Waals surface area contributed by atoms with Crippen LogP contribution in [0.3, 0.4) is 0 Å². The zero-order valence-electron chi connectivity index (χ0n) is 12.5. The minimum Gasteiger partial charge on any atom is -0.377 e. The van der Waals surface area contributed by atoms with Crippen molar-refractivity contribution in [2.24, 2.45) is 0 Å². The molecule has 1 atom stereocenters. The van der Waals surface area contributed by atoms with E-state index in [9.17, 15) is 0 Å². The quantitative estimate of drug-likeness (QED) is 0.890. The number of halogens is 1. The molecule has 112 valence electrons. The predicted molar refractivity (Wildman–Crippen MR) is 86.8 cm³/mol. The van der Waals surface area contributed by atoms with Crippen LogP contribution in [0.5, 0.6) is 0 Å². The molecule has 1 aromatic rings. The molecule has 1 aromatic carbocycles. The second kappa shape index (κ2) is 8.13. The highest BCUT2D eigenvalue weighted by Gasteiger charge is 2.16. The SMILES string of the molecule is CCNCc1ccc(CN2CCCOC(C)C2)c(Br)c1. The Kier molecular flexibility index (Phi) is 6.49. The molecule has 0 radical (unpaired) electrons. The van der Waals surface area contributed by atoms with Gasteiger partial charge in [0.15, 0.2) is 0 Å². The lowest BCUT2D eigenvalue weighted by Gasteiger charge is -2.22. The molecule has 4 heteroatoms. The molecule has 3 nitrogen and oxygen atoms in total. The average molecular weight is 341 g/mol. The molecule has 1 aliphatic heterocycles. The summed E-state index contributed by atoms with van der Waals surface area (Å²) in [7, 11) is 0. The second-order valence-electron chi connectivity index (χ2n) is 5.48. The standard InChI is InChI=1S/C16H25BrN2O/c1-3-18-10-14-5-6-15(16(17)9-14)12-19-7-4-8-20-13(2)11-19/h5-6,9,13,18H,3-4,7-8,10-12H2,1-2H3. The van der Waals surface area contributed by atoms with Gasteiger partial charge in [-0.2, -0.15) is 0 Å². The Labute approximate surface area is 130 Å². The van der Waals surface area contributed by atoms with Gasteiger partial charge in [-0.25, -0.2) is 0 Å². The highest BCUT2D eigenvalue weighted by molar-refractivity contribution is 9.10. The fraction of sp³-hybridized carbons (Fsp3) is 0.625. The van der Waals surface area contributed by atoms with Gasteiger partial charge in [0.05, 0.1) is 6.10 Å². The average Bonchev–Trinajstić information content (AvgIpc) is 2.63. The Bertz CT molecular complexity index is 425. The maximum atomic E-state index is 5.70. The Morgan fingerprint density at radius 1 is 1.45 bits per heavy atom. The first-order chi connectivity index (χ1) is 9.69. The van der Waals surface area contributed by atoms with Gasteiger partial charge in [-0.15, -0.1) is 0 Å². The van der Waals surface area contributed by atoms with Gasteiger partial charge in [-0.05, 0) is 37.1 Å². The maximum absolute atomic E-state index is 5.70. The number of ether oxygens (including phenoxy) is 1. The van der Waals surface area contributed by atoms with Gasteiger partial charge < -0.3 is 10.1 Å². The summed E-state index contributed by atoms with van der Waals surface area (Å²) in [6.07, 6.45) is 1.46. The van der Waals surface area contributed by atoms with E-state index in [0.717, 1.165) is 45.8 Å². The third-order valence-electron chi connectivity index (χ3n) is 3.63. The summed E-state index contributed by atoms with van der Waals surface area (Å²) in [6, 6.07) is 6.70. The highest BCUT2D eigenvalue weighted by atomic mass is 79.9. The molecule has 0 aromatic heterocycles. The van der Waals surface area contributed by atoms with Crippen LogP contribution in [0.25, 0.3) is 0 Å². The lowest BCUT2D eigenvalue weighted by atomic mass is 10.1. The minimum absolute atomic E-state index is 0.337. The molecular formula is C16H25BrN2O. The van der Waals surface area contributed by atoms with Crippen LogP contribution >= 0.6 is 15.9 Å². The van der Waals surface area contributed by atoms with Gasteiger partial charge in [0.2, 0.25) is 0 Å². The van der Waals surface area contributed by atoms with E-state index in [1.54, 1.807) is 0 Å². The van der Waals surface area contributed by atoms with Crippen LogP contribution in [0.1, 0.15) is 31.4 Å². The van der Waals surface area contributed by atoms with E-state index >= 15 is 0 Å². The molecule has 0 bridgehead atoms. The monoisotopic (exact) mass is 340 g/mol. The molecule has 2 rings (SSSR count). The number of nitrogens with one attached hydrogen (secondary N) is 1. The van der Waals surface area contributed by atoms with Crippen LogP contribution < -0.4 is 5.32 Å². The smallest absolute Gasteiger partial charge is 0.0674 e. The highest BCUT2D eigenvalue weighted by Crippen LogP contribution is 2.21. The van der Waals surface area contributed by atoms with E-state index in [4.69, 9.17) is 4.74 Å². The molecule has 1 saturated heterocycles. The van der Waals surface area contributed by atoms with Crippen molar-refractivity contribution in [1.29, 1.82) is 0 Å². The summed E-state index contributed by atoms with van der Waals surface area (Å²) in [5.74, 6) is 0. The van der Waals surface area contributed by atoms with Crippen LogP contribution in [-0.4, -0.2) is 37.2 Å². The first-order valence-electron chi connectivity index (χ1n) is 7.51. The van der Waals surface area contributed by atoms with Crippen molar-refractivity contribution in [2.45, 2.75) is 39.5 Å². The number of benzene rings is 1. The first kappa shape index (κ1) is 16.0. The molecule has 0 aliphatic carbocycles. The van der Waals surface area contributed by atoms with Gasteiger partial charge in [-0.3, -0.25) is 4.90 Å². The fourth-order valence-corrected chi connectivity index (χ4v) is 3.11. The number of hydrogen-bond acceptors (Lipinski definition) is 3. The van der Waals surface area contributed by atoms with E-state index in [-0.39, 0.29) is 0 Å². The molecule has 1 aliphatic rings. The molecule has 20 heavy (non-hydrogen) atoms. The molecule has 1 heterocycles. The Morgan fingerprint density at radius 3 is 3.05 bits per heavy atom. The number of nitrogens with zero attached hydrogens (tertiary/aromatic N) is 1. The van der Waals surface area contributed by atoms with Crippen molar-refractivity contribution >= 4 is 15.9 Å². The Hall–Kier alpha value is -0.420. The molecule has 0 spiro atoms. The molecular weight excluding hydrogens is 316 g/mol. The van der Waals surface area contributed by atoms with Crippen molar-refractivity contribution in [3.8, 4) is 0 Å². The number of hydrogen-bond donors (Lipinski definition) is 1. The van der Waals surface area contributed by atoms with Crippen LogP contribution in [-0.2, 0) is 17.8 Å². The van der Waals surface area contributed by atoms with Gasteiger partial charge >= 0.3 is 0 Å². The van der Waals surface area contributed by atoms with Gasteiger partial charge in [-0.1, -0.05) is 35.0 Å². The van der Waals surface area contributed by atoms with E-state index in [2.05, 4.69) is 58.2 Å². The Morgan fingerprint density at radius 2 is 2.30 bits per heavy atom. The van der Waals surface area contributed by atoms with E-state index < -0.39 is 0 Å². The minimum atomic E-state index is 0.337. The third kappa shape index (κ3) is 4.85. The molecule has 1 N–H and O–H groups in total. The van der Waals surface area contributed by atoms with Crippen molar-refractivity contribution in [1.82, 2.24) is 10.2 Å². The van der Waals surface area contributed by atoms with Crippen LogP contribution in [0.2, 0.25) is 0 Å². The summed E-state index contributed by atoms with van der Waals surface area (Å²) in [5, 5.41) is 3.36. The Balaban J connectivity index is 1.98. The lowest BCUT2D eigenvalue weighted by molar-refractivity contribution is 0.0668. The predicted octanol–water partition coefficient (Wildman–Crippen LogP) is 3.17. The summed E-state index contributed by atoms with van der Waals surface area (Å²) < 4.78 is 6.92. The summed E-state index contributed by atoms with van der Waals surface area (Å²) >= 11 is 3.71. The zero-order chi connectivity index (χ0) is 14.4. The molecule has 0 amide bonds. The third-order valence-corrected chi connectivity index (χ3v) is 4.37. The van der Waals surface area contributed by atoms with Gasteiger partial charge in [0.25, 0.3) is 0 Å². The van der Waals surface area contributed by atoms with E-state index in [0.29, 0.717) is 6.10 Å². The van der Waals surface area contributed by atoms with Gasteiger partial charge in [0, 0.05) is 37.3 Å². The van der Waals surface area contributed by atoms with Crippen LogP contribution in [0.4, 0.5) is 0 Å². The van der Waals surface area contributed by atoms with Crippen molar-refractivity contribution in [3.63, 3.8) is 0 Å². The van der Waals surface area contributed by atoms with Crippen molar-refractivity contribution in [3.05, 3.63) is 33.8 Å². The largest absolute Gasteiger partial charge is 0.377 e. The second-order valence-corrected chi connectivity index (χ2v) is 6.33. The maximum Gasteiger partial charge on any atom is 0.0674 e. The van der Waals surface area contributed by atoms with E-state index in [1.807, 2.05) is 0 Å². The first-order valence-corrected chi connectivity index (χ1v) is 8.30. The fourth-order valence-electron chi connectivity index (χ4n) is 2.56. The zero-order valence-corrected chi connectivity index (χ0v) is 14.1. The lowest BCUT2D eigenvalue weighted by Crippen LogP contribution is -2.29. The molecule has 0 saturated carbocycles. The summed E-state index contributed by atoms with van der Waals surface area (Å²) in [5.41, 5.74) is 2.69. The van der Waals surface area contributed by atoms with Crippen molar-refractivity contribution in [2.75, 3.05) is 26.2 Å². The summed E-state index contributed by atoms with van der Waals surface area (Å²) in [6.45, 7) is 10.3. The van der Waals surface area contributed by atoms with Crippen LogP contribution in [0.15, 0.2) is 22.7 Å². The van der Waals surface area contributed by atoms with E-state index in [1.165, 1.54) is 15.6 Å². The summed E-state index contributed by atoms with van der Waals surface area (Å²) in [4.78, 5) is 2.49. The van der Waals surface area contributed by atoms with Gasteiger partial charge in [0.1, 0.15) is 0 Å². The molecule has 1 unspecified atom stereocenters. The topological polar surface area (TPSA) is 24.5 Å². The van der Waals surface area contributed by atoms with Crippen molar-refractivity contribution < 1.29 is 4.74 Å². The number of rotatable bonds is 5. The normalized spacial score (nSPS) is 20.9. The molecule has 1 fully saturated rings.